The smallest absolute Gasteiger partial charge is 0.238 e. The Hall–Kier alpha value is -8.03. The second-order valence-corrected chi connectivity index (χ2v) is 14.8. The number of hydrogen-bond donors (Lipinski definition) is 0. The van der Waals surface area contributed by atoms with Crippen molar-refractivity contribution >= 4 is 87.5 Å². The summed E-state index contributed by atoms with van der Waals surface area (Å²) in [5.41, 5.74) is 10.00. The number of rotatable bonds is 4. The third-order valence-corrected chi connectivity index (χ3v) is 11.6. The van der Waals surface area contributed by atoms with Crippen LogP contribution < -0.4 is 0 Å². The minimum Gasteiger partial charge on any atom is -0.455 e. The molecule has 0 unspecified atom stereocenters. The van der Waals surface area contributed by atoms with Crippen molar-refractivity contribution in [2.75, 3.05) is 0 Å². The van der Waals surface area contributed by atoms with E-state index in [9.17, 15) is 0 Å². The summed E-state index contributed by atoms with van der Waals surface area (Å²) >= 11 is 0. The van der Waals surface area contributed by atoms with E-state index >= 15 is 0 Å². The van der Waals surface area contributed by atoms with Gasteiger partial charge in [0.2, 0.25) is 5.95 Å². The summed E-state index contributed by atoms with van der Waals surface area (Å²) in [7, 11) is 0. The highest BCUT2D eigenvalue weighted by Gasteiger charge is 2.23. The van der Waals surface area contributed by atoms with Crippen LogP contribution in [-0.4, -0.2) is 24.1 Å². The molecule has 0 fully saturated rings. The van der Waals surface area contributed by atoms with Crippen molar-refractivity contribution in [3.05, 3.63) is 176 Å². The van der Waals surface area contributed by atoms with Crippen LogP contribution in [0.3, 0.4) is 0 Å². The number of para-hydroxylation sites is 7. The Morgan fingerprint density at radius 2 is 0.759 bits per heavy atom. The molecule has 0 amide bonds. The van der Waals surface area contributed by atoms with Gasteiger partial charge in [-0.1, -0.05) is 115 Å². The molecular weight excluding hydrogens is 715 g/mol. The van der Waals surface area contributed by atoms with Crippen LogP contribution in [0, 0.1) is 0 Å². The molecule has 8 aromatic carbocycles. The fourth-order valence-corrected chi connectivity index (χ4v) is 9.07. The molecule has 0 saturated carbocycles. The van der Waals surface area contributed by atoms with Gasteiger partial charge in [0.1, 0.15) is 22.3 Å². The summed E-state index contributed by atoms with van der Waals surface area (Å²) in [6.45, 7) is 0. The van der Waals surface area contributed by atoms with Crippen molar-refractivity contribution in [2.45, 2.75) is 0 Å². The first-order valence-corrected chi connectivity index (χ1v) is 19.4. The standard InChI is InChI=1S/C51H29N5O2/c1-6-22-41-31(13-1)32-14-2-7-23-42(32)55(41)30-27-28-46-40(29-30)37-19-12-21-39(48(37)58-46)50-52-49(38-20-11-18-36-35-17-5-10-26-45(35)57-47(36)38)53-51(54-50)56-43-24-8-3-15-33(43)34-16-4-9-25-44(34)56/h1-29H. The fourth-order valence-electron chi connectivity index (χ4n) is 9.07. The van der Waals surface area contributed by atoms with E-state index in [0.29, 0.717) is 23.2 Å². The van der Waals surface area contributed by atoms with E-state index in [1.807, 2.05) is 36.4 Å². The fraction of sp³-hybridized carbons (Fsp3) is 0. The van der Waals surface area contributed by atoms with E-state index in [2.05, 4.69) is 149 Å². The Labute approximate surface area is 329 Å². The summed E-state index contributed by atoms with van der Waals surface area (Å²) in [4.78, 5) is 15.8. The zero-order valence-corrected chi connectivity index (χ0v) is 30.8. The van der Waals surface area contributed by atoms with Gasteiger partial charge in [-0.05, 0) is 60.7 Å². The molecule has 0 atom stereocenters. The lowest BCUT2D eigenvalue weighted by Crippen LogP contribution is -2.06. The van der Waals surface area contributed by atoms with Crippen molar-refractivity contribution in [1.82, 2.24) is 24.1 Å². The Morgan fingerprint density at radius 1 is 0.328 bits per heavy atom. The molecule has 13 aromatic rings. The second-order valence-electron chi connectivity index (χ2n) is 14.8. The lowest BCUT2D eigenvalue weighted by Gasteiger charge is -2.11. The number of furan rings is 2. The van der Waals surface area contributed by atoms with Crippen molar-refractivity contribution in [3.63, 3.8) is 0 Å². The van der Waals surface area contributed by atoms with Gasteiger partial charge in [-0.2, -0.15) is 9.97 Å². The van der Waals surface area contributed by atoms with E-state index in [0.717, 1.165) is 87.9 Å². The number of benzene rings is 8. The summed E-state index contributed by atoms with van der Waals surface area (Å²) in [6.07, 6.45) is 0. The number of nitrogens with zero attached hydrogens (tertiary/aromatic N) is 5. The lowest BCUT2D eigenvalue weighted by atomic mass is 10.1. The molecular formula is C51H29N5O2. The van der Waals surface area contributed by atoms with Crippen LogP contribution in [0.4, 0.5) is 0 Å². The van der Waals surface area contributed by atoms with E-state index in [4.69, 9.17) is 23.8 Å². The normalized spacial score (nSPS) is 12.1. The highest BCUT2D eigenvalue weighted by Crippen LogP contribution is 2.40. The molecule has 5 heterocycles. The van der Waals surface area contributed by atoms with Crippen LogP contribution >= 0.6 is 0 Å². The third kappa shape index (κ3) is 4.35. The highest BCUT2D eigenvalue weighted by molar-refractivity contribution is 6.13. The predicted octanol–water partition coefficient (Wildman–Crippen LogP) is 13.2. The molecule has 270 valence electrons. The van der Waals surface area contributed by atoms with E-state index < -0.39 is 0 Å². The Kier molecular flexibility index (Phi) is 6.32. The zero-order valence-electron chi connectivity index (χ0n) is 30.8. The van der Waals surface area contributed by atoms with Gasteiger partial charge >= 0.3 is 0 Å². The average Bonchev–Trinajstić information content (AvgIpc) is 4.04. The van der Waals surface area contributed by atoms with Gasteiger partial charge in [-0.15, -0.1) is 0 Å². The highest BCUT2D eigenvalue weighted by atomic mass is 16.3. The van der Waals surface area contributed by atoms with Crippen LogP contribution in [0.5, 0.6) is 0 Å². The largest absolute Gasteiger partial charge is 0.455 e. The summed E-state index contributed by atoms with van der Waals surface area (Å²) in [5.74, 6) is 1.52. The Balaban J connectivity index is 1.07. The number of fused-ring (bicyclic) bond motifs is 12. The van der Waals surface area contributed by atoms with Crippen LogP contribution in [0.15, 0.2) is 185 Å². The quantitative estimate of drug-likeness (QED) is 0.179. The first kappa shape index (κ1) is 31.2. The van der Waals surface area contributed by atoms with Crippen LogP contribution in [0.2, 0.25) is 0 Å². The molecule has 5 aromatic heterocycles. The molecule has 58 heavy (non-hydrogen) atoms. The molecule has 0 aliphatic heterocycles. The molecule has 0 bridgehead atoms. The van der Waals surface area contributed by atoms with E-state index in [1.54, 1.807) is 0 Å². The Morgan fingerprint density at radius 3 is 1.31 bits per heavy atom. The molecule has 7 heteroatoms. The molecule has 0 radical (unpaired) electrons. The van der Waals surface area contributed by atoms with Crippen molar-refractivity contribution in [3.8, 4) is 34.4 Å². The number of aromatic nitrogens is 5. The molecule has 7 nitrogen and oxygen atoms in total. The van der Waals surface area contributed by atoms with E-state index in [1.165, 1.54) is 10.8 Å². The van der Waals surface area contributed by atoms with Gasteiger partial charge in [-0.25, -0.2) is 4.98 Å². The molecule has 0 aliphatic carbocycles. The zero-order chi connectivity index (χ0) is 37.9. The Bertz CT molecular complexity index is 3720. The molecule has 13 rings (SSSR count). The third-order valence-electron chi connectivity index (χ3n) is 11.6. The molecule has 0 aliphatic rings. The molecule has 0 spiro atoms. The van der Waals surface area contributed by atoms with Crippen LogP contribution in [-0.2, 0) is 0 Å². The van der Waals surface area contributed by atoms with Gasteiger partial charge < -0.3 is 13.4 Å². The summed E-state index contributed by atoms with van der Waals surface area (Å²) in [5, 5.41) is 8.74. The van der Waals surface area contributed by atoms with Gasteiger partial charge in [0, 0.05) is 48.8 Å². The van der Waals surface area contributed by atoms with E-state index in [-0.39, 0.29) is 0 Å². The van der Waals surface area contributed by atoms with Crippen LogP contribution in [0.25, 0.3) is 122 Å². The topological polar surface area (TPSA) is 74.8 Å². The van der Waals surface area contributed by atoms with Gasteiger partial charge in [0.05, 0.1) is 33.2 Å². The predicted molar refractivity (Wildman–Crippen MR) is 234 cm³/mol. The monoisotopic (exact) mass is 743 g/mol. The minimum absolute atomic E-state index is 0.502. The van der Waals surface area contributed by atoms with Gasteiger partial charge in [0.15, 0.2) is 11.6 Å². The molecule has 0 saturated heterocycles. The van der Waals surface area contributed by atoms with Crippen molar-refractivity contribution < 1.29 is 8.83 Å². The summed E-state index contributed by atoms with van der Waals surface area (Å²) < 4.78 is 17.8. The molecule has 0 N–H and O–H groups in total. The van der Waals surface area contributed by atoms with Crippen LogP contribution in [0.1, 0.15) is 0 Å². The lowest BCUT2D eigenvalue weighted by molar-refractivity contribution is 0.669. The van der Waals surface area contributed by atoms with Gasteiger partial charge in [0.25, 0.3) is 0 Å². The number of hydrogen-bond acceptors (Lipinski definition) is 5. The first-order chi connectivity index (χ1) is 28.8. The van der Waals surface area contributed by atoms with Crippen molar-refractivity contribution in [1.29, 1.82) is 0 Å². The second kappa shape index (κ2) is 11.7. The maximum Gasteiger partial charge on any atom is 0.238 e. The minimum atomic E-state index is 0.502. The van der Waals surface area contributed by atoms with Crippen molar-refractivity contribution in [2.24, 2.45) is 0 Å². The first-order valence-electron chi connectivity index (χ1n) is 19.4. The average molecular weight is 744 g/mol. The summed E-state index contributed by atoms with van der Waals surface area (Å²) in [6, 6.07) is 60.8. The maximum atomic E-state index is 6.78. The SMILES string of the molecule is c1ccc2c(c1)oc1c(-c3nc(-c4cccc5c4oc4ccc(-n6c7ccccc7c7ccccc76)cc45)nc(-n4c5ccccc5c5ccccc54)n3)cccc12. The maximum absolute atomic E-state index is 6.78. The van der Waals surface area contributed by atoms with Gasteiger partial charge in [-0.3, -0.25) is 4.57 Å².